The van der Waals surface area contributed by atoms with E-state index in [0.717, 1.165) is 50.1 Å². The maximum Gasteiger partial charge on any atom is 0.410 e. The van der Waals surface area contributed by atoms with E-state index >= 15 is 0 Å². The summed E-state index contributed by atoms with van der Waals surface area (Å²) in [6.45, 7) is 19.6. The number of guanidine groups is 1. The molecule has 0 aliphatic carbocycles. The van der Waals surface area contributed by atoms with Crippen molar-refractivity contribution >= 4 is 24.0 Å². The van der Waals surface area contributed by atoms with Gasteiger partial charge in [0.05, 0.1) is 44.8 Å². The van der Waals surface area contributed by atoms with Crippen LogP contribution in [0.4, 0.5) is 4.79 Å². The first kappa shape index (κ1) is 42.3. The van der Waals surface area contributed by atoms with E-state index in [1.54, 1.807) is 0 Å². The van der Waals surface area contributed by atoms with Gasteiger partial charge in [0.2, 0.25) is 0 Å². The lowest BCUT2D eigenvalue weighted by atomic mass is 10.2. The highest BCUT2D eigenvalue weighted by molar-refractivity contribution is 5.82. The Morgan fingerprint density at radius 3 is 1.87 bits per heavy atom. The summed E-state index contributed by atoms with van der Waals surface area (Å²) >= 11 is 0. The molecule has 0 saturated carbocycles. The predicted molar refractivity (Wildman–Crippen MR) is 206 cm³/mol. The Hall–Kier alpha value is -4.08. The number of benzene rings is 2. The van der Waals surface area contributed by atoms with Crippen LogP contribution in [-0.4, -0.2) is 100 Å². The lowest BCUT2D eigenvalue weighted by Gasteiger charge is -2.34. The molecule has 1 saturated heterocycles. The third-order valence-electron chi connectivity index (χ3n) is 9.51. The van der Waals surface area contributed by atoms with E-state index in [0.29, 0.717) is 18.5 Å². The topological polar surface area (TPSA) is 91.6 Å². The number of nitrogens with zero attached hydrogens (tertiary/aromatic N) is 4. The standard InChI is InChI=1S/C42H65N4O6/c1-8-11-12-20-27-44(41(43(9-2)10-3)46(33(4)5)34(6)7)28-21-19-26-39(47)52-37-29-38(40(48)50-31-35-22-15-13-16-23-35)45(30-37)42(49)51-32-36-24-17-14-18-25-36/h13-18,22-25,33-34,37-38H,8-12,19-21,26-32H2,1-7H3/q+1/t37-,38+/m1/s1. The van der Waals surface area contributed by atoms with Crippen molar-refractivity contribution in [2.24, 2.45) is 0 Å². The minimum Gasteiger partial charge on any atom is -0.460 e. The molecule has 288 valence electrons. The van der Waals surface area contributed by atoms with Gasteiger partial charge in [-0.2, -0.15) is 0 Å². The number of carbonyl (C=O) groups excluding carboxylic acids is 3. The van der Waals surface area contributed by atoms with E-state index in [2.05, 4.69) is 62.8 Å². The maximum atomic E-state index is 13.3. The molecule has 10 heteroatoms. The Kier molecular flexibility index (Phi) is 18.5. The van der Waals surface area contributed by atoms with Crippen molar-refractivity contribution in [3.05, 3.63) is 71.8 Å². The molecule has 0 unspecified atom stereocenters. The van der Waals surface area contributed by atoms with Crippen LogP contribution in [0.2, 0.25) is 0 Å². The molecule has 0 bridgehead atoms. The third kappa shape index (κ3) is 13.5. The fourth-order valence-corrected chi connectivity index (χ4v) is 6.88. The van der Waals surface area contributed by atoms with Gasteiger partial charge in [0, 0.05) is 12.8 Å². The molecule has 10 nitrogen and oxygen atoms in total. The molecule has 1 aliphatic rings. The summed E-state index contributed by atoms with van der Waals surface area (Å²) in [5.41, 5.74) is 1.68. The van der Waals surface area contributed by atoms with Crippen LogP contribution in [0.15, 0.2) is 60.7 Å². The van der Waals surface area contributed by atoms with E-state index in [1.807, 2.05) is 60.7 Å². The van der Waals surface area contributed by atoms with Gasteiger partial charge in [0.1, 0.15) is 25.4 Å². The average Bonchev–Trinajstić information content (AvgIpc) is 3.56. The smallest absolute Gasteiger partial charge is 0.410 e. The second-order valence-corrected chi connectivity index (χ2v) is 14.2. The van der Waals surface area contributed by atoms with E-state index in [1.165, 1.54) is 30.1 Å². The van der Waals surface area contributed by atoms with Gasteiger partial charge in [-0.25, -0.2) is 9.59 Å². The van der Waals surface area contributed by atoms with E-state index in [4.69, 9.17) is 14.2 Å². The SMILES string of the molecule is CCCCCC[N+](CCCCC(=O)O[C@@H]1C[C@@H](C(=O)OCc2ccccc2)N(C(=O)OCc2ccccc2)C1)=C(N(CC)CC)N(C(C)C)C(C)C. The maximum absolute atomic E-state index is 13.3. The summed E-state index contributed by atoms with van der Waals surface area (Å²) in [5.74, 6) is 0.411. The Balaban J connectivity index is 1.65. The highest BCUT2D eigenvalue weighted by atomic mass is 16.6. The van der Waals surface area contributed by atoms with E-state index in [-0.39, 0.29) is 38.6 Å². The van der Waals surface area contributed by atoms with Crippen LogP contribution in [0.25, 0.3) is 0 Å². The fourth-order valence-electron chi connectivity index (χ4n) is 6.88. The Bertz CT molecular complexity index is 1310. The van der Waals surface area contributed by atoms with Crippen molar-refractivity contribution in [1.82, 2.24) is 14.7 Å². The van der Waals surface area contributed by atoms with Crippen LogP contribution < -0.4 is 0 Å². The van der Waals surface area contributed by atoms with Gasteiger partial charge in [-0.1, -0.05) is 86.8 Å². The summed E-state index contributed by atoms with van der Waals surface area (Å²) in [6, 6.07) is 18.6. The molecule has 2 aromatic carbocycles. The van der Waals surface area contributed by atoms with Gasteiger partial charge in [-0.15, -0.1) is 0 Å². The van der Waals surface area contributed by atoms with Crippen LogP contribution in [0.1, 0.15) is 111 Å². The second kappa shape index (κ2) is 22.8. The lowest BCUT2D eigenvalue weighted by molar-refractivity contribution is -0.539. The highest BCUT2D eigenvalue weighted by Crippen LogP contribution is 2.24. The summed E-state index contributed by atoms with van der Waals surface area (Å²) in [6.07, 6.45) is 5.43. The van der Waals surface area contributed by atoms with Gasteiger partial charge in [0.15, 0.2) is 0 Å². The first-order valence-corrected chi connectivity index (χ1v) is 19.6. The molecule has 0 radical (unpaired) electrons. The molecule has 1 amide bonds. The van der Waals surface area contributed by atoms with Crippen molar-refractivity contribution in [2.75, 3.05) is 32.7 Å². The van der Waals surface area contributed by atoms with Crippen LogP contribution in [-0.2, 0) is 37.0 Å². The zero-order chi connectivity index (χ0) is 37.9. The van der Waals surface area contributed by atoms with Gasteiger partial charge < -0.3 is 14.2 Å². The van der Waals surface area contributed by atoms with Crippen LogP contribution in [0.5, 0.6) is 0 Å². The first-order valence-electron chi connectivity index (χ1n) is 19.6. The van der Waals surface area contributed by atoms with Gasteiger partial charge in [0.25, 0.3) is 0 Å². The Morgan fingerprint density at radius 1 is 0.769 bits per heavy atom. The monoisotopic (exact) mass is 721 g/mol. The molecule has 0 N–H and O–H groups in total. The number of unbranched alkanes of at least 4 members (excludes halogenated alkanes) is 4. The molecule has 2 atom stereocenters. The summed E-state index contributed by atoms with van der Waals surface area (Å²) in [4.78, 5) is 46.0. The van der Waals surface area contributed by atoms with Crippen LogP contribution in [0, 0.1) is 0 Å². The summed E-state index contributed by atoms with van der Waals surface area (Å²) in [7, 11) is 0. The molecular weight excluding hydrogens is 656 g/mol. The molecule has 2 aromatic rings. The Labute approximate surface area is 313 Å². The number of hydrogen-bond donors (Lipinski definition) is 0. The van der Waals surface area contributed by atoms with E-state index in [9.17, 15) is 14.4 Å². The third-order valence-corrected chi connectivity index (χ3v) is 9.51. The number of esters is 2. The van der Waals surface area contributed by atoms with Crippen molar-refractivity contribution in [3.63, 3.8) is 0 Å². The minimum atomic E-state index is -0.912. The largest absolute Gasteiger partial charge is 0.460 e. The minimum absolute atomic E-state index is 0.0679. The van der Waals surface area contributed by atoms with Crippen molar-refractivity contribution < 1.29 is 33.2 Å². The summed E-state index contributed by atoms with van der Waals surface area (Å²) < 4.78 is 19.6. The van der Waals surface area contributed by atoms with E-state index < -0.39 is 24.2 Å². The van der Waals surface area contributed by atoms with Crippen molar-refractivity contribution in [1.29, 1.82) is 0 Å². The zero-order valence-electron chi connectivity index (χ0n) is 32.9. The number of hydrogen-bond acceptors (Lipinski definition) is 6. The lowest BCUT2D eigenvalue weighted by Crippen LogP contribution is -2.55. The normalized spacial score (nSPS) is 16.1. The number of likely N-dealkylation sites (tertiary alicyclic amines) is 1. The van der Waals surface area contributed by atoms with Crippen molar-refractivity contribution in [3.8, 4) is 0 Å². The highest BCUT2D eigenvalue weighted by Gasteiger charge is 2.43. The van der Waals surface area contributed by atoms with Crippen LogP contribution >= 0.6 is 0 Å². The molecule has 1 fully saturated rings. The number of ether oxygens (including phenoxy) is 3. The molecule has 1 heterocycles. The molecule has 52 heavy (non-hydrogen) atoms. The van der Waals surface area contributed by atoms with Gasteiger partial charge >= 0.3 is 24.0 Å². The van der Waals surface area contributed by atoms with Gasteiger partial charge in [-0.3, -0.25) is 24.1 Å². The predicted octanol–water partition coefficient (Wildman–Crippen LogP) is 7.63. The summed E-state index contributed by atoms with van der Waals surface area (Å²) in [5, 5.41) is 0. The fraction of sp³-hybridized carbons (Fsp3) is 0.619. The average molecular weight is 722 g/mol. The first-order chi connectivity index (χ1) is 25.1. The molecular formula is C42H65N4O6+. The molecule has 0 spiro atoms. The van der Waals surface area contributed by atoms with Crippen molar-refractivity contribution in [2.45, 2.75) is 137 Å². The molecule has 3 rings (SSSR count). The Morgan fingerprint density at radius 2 is 1.33 bits per heavy atom. The number of carbonyl (C=O) groups is 3. The number of rotatable bonds is 20. The van der Waals surface area contributed by atoms with Crippen LogP contribution in [0.3, 0.4) is 0 Å². The zero-order valence-corrected chi connectivity index (χ0v) is 32.9. The quantitative estimate of drug-likeness (QED) is 0.0344. The molecule has 1 aliphatic heterocycles. The second-order valence-electron chi connectivity index (χ2n) is 14.2. The number of amides is 1. The van der Waals surface area contributed by atoms with Gasteiger partial charge in [-0.05, 0) is 71.9 Å². The molecule has 0 aromatic heterocycles.